The van der Waals surface area contributed by atoms with Gasteiger partial charge in [-0.2, -0.15) is 0 Å². The largest absolute Gasteiger partial charge is 0.445 e. The summed E-state index contributed by atoms with van der Waals surface area (Å²) in [6, 6.07) is 8.15. The summed E-state index contributed by atoms with van der Waals surface area (Å²) in [6.07, 6.45) is -0.0151. The van der Waals surface area contributed by atoms with Gasteiger partial charge in [0, 0.05) is 19.7 Å². The first kappa shape index (κ1) is 13.8. The Morgan fingerprint density at radius 3 is 2.89 bits per heavy atom. The van der Waals surface area contributed by atoms with Gasteiger partial charge in [0.2, 0.25) is 0 Å². The molecule has 1 aromatic rings. The number of fused-ring (bicyclic) bond motifs is 1. The lowest BCUT2D eigenvalue weighted by Gasteiger charge is -2.28. The molecule has 0 bridgehead atoms. The lowest BCUT2D eigenvalue weighted by atomic mass is 10.0. The van der Waals surface area contributed by atoms with E-state index in [0.29, 0.717) is 19.7 Å². The third-order valence-corrected chi connectivity index (χ3v) is 3.14. The zero-order valence-corrected chi connectivity index (χ0v) is 11.2. The summed E-state index contributed by atoms with van der Waals surface area (Å²) in [7, 11) is 0. The Labute approximate surface area is 113 Å². The van der Waals surface area contributed by atoms with E-state index in [4.69, 9.17) is 15.2 Å². The fraction of sp³-hybridized carbons (Fsp3) is 0.500. The van der Waals surface area contributed by atoms with Crippen molar-refractivity contribution in [2.45, 2.75) is 26.1 Å². The van der Waals surface area contributed by atoms with E-state index >= 15 is 0 Å². The van der Waals surface area contributed by atoms with Crippen LogP contribution in [0.15, 0.2) is 24.3 Å². The number of hydrogen-bond donors (Lipinski definition) is 1. The van der Waals surface area contributed by atoms with E-state index in [-0.39, 0.29) is 12.7 Å². The predicted octanol–water partition coefficient (Wildman–Crippen LogP) is 1.50. The van der Waals surface area contributed by atoms with Crippen LogP contribution in [0.3, 0.4) is 0 Å². The van der Waals surface area contributed by atoms with Crippen molar-refractivity contribution in [1.82, 2.24) is 4.90 Å². The van der Waals surface area contributed by atoms with Gasteiger partial charge in [-0.3, -0.25) is 0 Å². The molecular weight excluding hydrogens is 244 g/mol. The number of carbonyl (C=O) groups is 1. The Morgan fingerprint density at radius 2 is 2.16 bits per heavy atom. The fourth-order valence-electron chi connectivity index (χ4n) is 2.16. The molecule has 0 spiro atoms. The van der Waals surface area contributed by atoms with Gasteiger partial charge in [-0.25, -0.2) is 4.79 Å². The van der Waals surface area contributed by atoms with Gasteiger partial charge in [0.25, 0.3) is 0 Å². The summed E-state index contributed by atoms with van der Waals surface area (Å²) in [5, 5.41) is 0. The van der Waals surface area contributed by atoms with Crippen LogP contribution in [0.5, 0.6) is 0 Å². The van der Waals surface area contributed by atoms with Crippen molar-refractivity contribution < 1.29 is 14.3 Å². The van der Waals surface area contributed by atoms with E-state index in [2.05, 4.69) is 6.07 Å². The molecule has 104 valence electrons. The molecule has 1 aliphatic heterocycles. The third-order valence-electron chi connectivity index (χ3n) is 3.14. The Balaban J connectivity index is 1.85. The molecule has 1 amide bonds. The smallest absolute Gasteiger partial charge is 0.410 e. The highest BCUT2D eigenvalue weighted by Gasteiger charge is 2.21. The van der Waals surface area contributed by atoms with Crippen molar-refractivity contribution in [3.8, 4) is 0 Å². The number of carbonyl (C=O) groups excluding carboxylic acids is 1. The Kier molecular flexibility index (Phi) is 4.76. The van der Waals surface area contributed by atoms with E-state index in [9.17, 15) is 4.79 Å². The van der Waals surface area contributed by atoms with E-state index in [1.165, 1.54) is 11.1 Å². The third kappa shape index (κ3) is 3.68. The second kappa shape index (κ2) is 6.54. The van der Waals surface area contributed by atoms with Crippen LogP contribution in [0.2, 0.25) is 0 Å². The van der Waals surface area contributed by atoms with E-state index < -0.39 is 6.23 Å². The number of nitrogens with zero attached hydrogens (tertiary/aromatic N) is 1. The molecule has 0 saturated carbocycles. The average molecular weight is 264 g/mol. The van der Waals surface area contributed by atoms with Crippen LogP contribution < -0.4 is 5.73 Å². The van der Waals surface area contributed by atoms with Gasteiger partial charge in [0.05, 0.1) is 0 Å². The number of benzene rings is 1. The van der Waals surface area contributed by atoms with Crippen molar-refractivity contribution in [1.29, 1.82) is 0 Å². The minimum absolute atomic E-state index is 0.0881. The van der Waals surface area contributed by atoms with Crippen LogP contribution in [0.25, 0.3) is 0 Å². The standard InChI is InChI=1S/C14H20N2O3/c1-2-18-13(15)10-19-14(17)16-8-7-11-5-3-4-6-12(11)9-16/h3-6,13H,2,7-10,15H2,1H3. The van der Waals surface area contributed by atoms with Gasteiger partial charge < -0.3 is 20.1 Å². The zero-order valence-electron chi connectivity index (χ0n) is 11.2. The van der Waals surface area contributed by atoms with Crippen LogP contribution in [-0.4, -0.2) is 37.0 Å². The quantitative estimate of drug-likeness (QED) is 0.837. The first-order valence-electron chi connectivity index (χ1n) is 6.56. The van der Waals surface area contributed by atoms with Crippen molar-refractivity contribution >= 4 is 6.09 Å². The summed E-state index contributed by atoms with van der Waals surface area (Å²) in [5.41, 5.74) is 8.10. The minimum atomic E-state index is -0.550. The summed E-state index contributed by atoms with van der Waals surface area (Å²) >= 11 is 0. The van der Waals surface area contributed by atoms with Crippen LogP contribution >= 0.6 is 0 Å². The monoisotopic (exact) mass is 264 g/mol. The van der Waals surface area contributed by atoms with E-state index in [1.54, 1.807) is 4.90 Å². The maximum Gasteiger partial charge on any atom is 0.410 e. The van der Waals surface area contributed by atoms with Crippen LogP contribution in [-0.2, 0) is 22.4 Å². The fourth-order valence-corrected chi connectivity index (χ4v) is 2.16. The van der Waals surface area contributed by atoms with Gasteiger partial charge in [-0.15, -0.1) is 0 Å². The van der Waals surface area contributed by atoms with Gasteiger partial charge in [0.1, 0.15) is 12.8 Å². The molecule has 2 N–H and O–H groups in total. The lowest BCUT2D eigenvalue weighted by molar-refractivity contribution is 0.00461. The molecule has 0 aromatic heterocycles. The Morgan fingerprint density at radius 1 is 1.42 bits per heavy atom. The Bertz CT molecular complexity index is 436. The number of rotatable bonds is 4. The summed E-state index contributed by atoms with van der Waals surface area (Å²) < 4.78 is 10.3. The molecule has 0 fully saturated rings. The van der Waals surface area contributed by atoms with Crippen molar-refractivity contribution in [3.05, 3.63) is 35.4 Å². The normalized spacial score (nSPS) is 15.8. The molecule has 5 nitrogen and oxygen atoms in total. The molecular formula is C14H20N2O3. The second-order valence-corrected chi connectivity index (χ2v) is 4.51. The molecule has 1 aromatic carbocycles. The van der Waals surface area contributed by atoms with Crippen molar-refractivity contribution in [2.24, 2.45) is 5.73 Å². The van der Waals surface area contributed by atoms with Gasteiger partial charge in [-0.05, 0) is 24.5 Å². The highest BCUT2D eigenvalue weighted by molar-refractivity contribution is 5.68. The van der Waals surface area contributed by atoms with E-state index in [0.717, 1.165) is 6.42 Å². The minimum Gasteiger partial charge on any atom is -0.445 e. The average Bonchev–Trinajstić information content (AvgIpc) is 2.44. The molecule has 1 heterocycles. The predicted molar refractivity (Wildman–Crippen MR) is 71.5 cm³/mol. The summed E-state index contributed by atoms with van der Waals surface area (Å²) in [4.78, 5) is 13.6. The molecule has 1 aliphatic rings. The number of nitrogens with two attached hydrogens (primary N) is 1. The van der Waals surface area contributed by atoms with Crippen molar-refractivity contribution in [3.63, 3.8) is 0 Å². The van der Waals surface area contributed by atoms with Gasteiger partial charge in [-0.1, -0.05) is 24.3 Å². The lowest BCUT2D eigenvalue weighted by Crippen LogP contribution is -2.39. The van der Waals surface area contributed by atoms with E-state index in [1.807, 2.05) is 25.1 Å². The van der Waals surface area contributed by atoms with Crippen molar-refractivity contribution in [2.75, 3.05) is 19.8 Å². The number of hydrogen-bond acceptors (Lipinski definition) is 4. The van der Waals surface area contributed by atoms with Crippen LogP contribution in [0, 0.1) is 0 Å². The molecule has 2 rings (SSSR count). The first-order chi connectivity index (χ1) is 9.20. The van der Waals surface area contributed by atoms with Crippen LogP contribution in [0.1, 0.15) is 18.1 Å². The number of ether oxygens (including phenoxy) is 2. The highest BCUT2D eigenvalue weighted by Crippen LogP contribution is 2.18. The molecule has 5 heteroatoms. The molecule has 0 saturated heterocycles. The first-order valence-corrected chi connectivity index (χ1v) is 6.56. The highest BCUT2D eigenvalue weighted by atomic mass is 16.6. The molecule has 0 radical (unpaired) electrons. The molecule has 19 heavy (non-hydrogen) atoms. The molecule has 1 unspecified atom stereocenters. The van der Waals surface area contributed by atoms with Gasteiger partial charge >= 0.3 is 6.09 Å². The maximum atomic E-state index is 11.9. The molecule has 0 aliphatic carbocycles. The second-order valence-electron chi connectivity index (χ2n) is 4.51. The molecule has 1 atom stereocenters. The topological polar surface area (TPSA) is 64.8 Å². The van der Waals surface area contributed by atoms with Gasteiger partial charge in [0.15, 0.2) is 0 Å². The summed E-state index contributed by atoms with van der Waals surface area (Å²) in [5.74, 6) is 0. The number of amides is 1. The maximum absolute atomic E-state index is 11.9. The van der Waals surface area contributed by atoms with Crippen LogP contribution in [0.4, 0.5) is 4.79 Å². The zero-order chi connectivity index (χ0) is 13.7. The summed E-state index contributed by atoms with van der Waals surface area (Å²) in [6.45, 7) is 3.72. The Hall–Kier alpha value is -1.59. The SMILES string of the molecule is CCOC(N)COC(=O)N1CCc2ccccc2C1.